The second kappa shape index (κ2) is 3.24. The Labute approximate surface area is 55.0 Å². The maximum Gasteiger partial charge on any atom is 0.231 e. The largest absolute Gasteiger partial charge is 0.270 e. The van der Waals surface area contributed by atoms with Crippen molar-refractivity contribution in [3.8, 4) is 0 Å². The molecule has 1 atom stereocenters. The first-order chi connectivity index (χ1) is 3.39. The highest BCUT2D eigenvalue weighted by molar-refractivity contribution is 9.23. The van der Waals surface area contributed by atoms with Gasteiger partial charge >= 0.3 is 0 Å². The average Bonchev–Trinajstić information content (AvgIpc) is 1.69. The molecule has 0 aliphatic carbocycles. The van der Waals surface area contributed by atoms with Crippen molar-refractivity contribution in [2.45, 2.75) is 0 Å². The van der Waals surface area contributed by atoms with Gasteiger partial charge in [0.25, 0.3) is 0 Å². The van der Waals surface area contributed by atoms with E-state index in [0.29, 0.717) is 5.94 Å². The van der Waals surface area contributed by atoms with Gasteiger partial charge in [0.05, 0.1) is 0 Å². The zero-order chi connectivity index (χ0) is 5.11. The van der Waals surface area contributed by atoms with Crippen LogP contribution in [0.1, 0.15) is 0 Å². The van der Waals surface area contributed by atoms with Crippen LogP contribution in [0.25, 0.3) is 0 Å². The van der Waals surface area contributed by atoms with Gasteiger partial charge in [-0.3, -0.25) is 4.18 Å². The molecule has 0 saturated carbocycles. The Balaban J connectivity index is 2.25. The van der Waals surface area contributed by atoms with Gasteiger partial charge in [-0.25, -0.2) is 4.21 Å². The summed E-state index contributed by atoms with van der Waals surface area (Å²) in [5, 5.41) is 0. The van der Waals surface area contributed by atoms with Gasteiger partial charge in [0.1, 0.15) is 5.94 Å². The second-order valence-corrected chi connectivity index (χ2v) is 6.87. The summed E-state index contributed by atoms with van der Waals surface area (Å²) in [6.45, 7) is 0. The van der Waals surface area contributed by atoms with Crippen LogP contribution in [-0.2, 0) is 14.3 Å². The molecule has 2 nitrogen and oxygen atoms in total. The zero-order valence-corrected chi connectivity index (χ0v) is 6.42. The molecular formula is CH2O2S4. The summed E-state index contributed by atoms with van der Waals surface area (Å²) >= 11 is 0. The molecule has 0 aromatic carbocycles. The Hall–Kier alpha value is 1.16. The summed E-state index contributed by atoms with van der Waals surface area (Å²) in [5.74, 6) is 0.546. The summed E-state index contributed by atoms with van der Waals surface area (Å²) in [6, 6.07) is 0. The molecule has 1 aliphatic rings. The lowest BCUT2D eigenvalue weighted by Gasteiger charge is -2.04. The van der Waals surface area contributed by atoms with Crippen molar-refractivity contribution < 1.29 is 8.39 Å². The highest BCUT2D eigenvalue weighted by Crippen LogP contribution is 2.41. The molecule has 6 heteroatoms. The van der Waals surface area contributed by atoms with Gasteiger partial charge < -0.3 is 0 Å². The summed E-state index contributed by atoms with van der Waals surface area (Å²) in [7, 11) is 3.24. The predicted molar refractivity (Wildman–Crippen MR) is 36.9 cm³/mol. The first-order valence-electron chi connectivity index (χ1n) is 1.41. The molecule has 0 aromatic heterocycles. The van der Waals surface area contributed by atoms with Gasteiger partial charge in [0.15, 0.2) is 0 Å². The Kier molecular flexibility index (Phi) is 2.91. The van der Waals surface area contributed by atoms with Crippen LogP contribution in [0.5, 0.6) is 0 Å². The lowest BCUT2D eigenvalue weighted by atomic mass is 11.7. The Morgan fingerprint density at radius 3 is 2.86 bits per heavy atom. The van der Waals surface area contributed by atoms with Crippen LogP contribution in [0.2, 0.25) is 0 Å². The highest BCUT2D eigenvalue weighted by Gasteiger charge is 2.07. The molecule has 7 heavy (non-hydrogen) atoms. The molecule has 1 unspecified atom stereocenters. The van der Waals surface area contributed by atoms with E-state index in [1.165, 1.54) is 19.7 Å². The molecule has 0 aromatic rings. The van der Waals surface area contributed by atoms with Gasteiger partial charge in [0.2, 0.25) is 10.1 Å². The third-order valence-electron chi connectivity index (χ3n) is 0.324. The van der Waals surface area contributed by atoms with Gasteiger partial charge in [-0.15, -0.1) is 0 Å². The van der Waals surface area contributed by atoms with E-state index in [1.54, 1.807) is 10.8 Å². The fourth-order valence-electron chi connectivity index (χ4n) is 0.141. The van der Waals surface area contributed by atoms with Crippen molar-refractivity contribution in [2.24, 2.45) is 0 Å². The lowest BCUT2D eigenvalue weighted by molar-refractivity contribution is 0.437. The minimum Gasteiger partial charge on any atom is -0.270 e. The van der Waals surface area contributed by atoms with Crippen molar-refractivity contribution in [3.05, 3.63) is 0 Å². The summed E-state index contributed by atoms with van der Waals surface area (Å²) in [4.78, 5) is 0. The molecule has 0 radical (unpaired) electrons. The van der Waals surface area contributed by atoms with E-state index in [4.69, 9.17) is 0 Å². The van der Waals surface area contributed by atoms with E-state index in [0.717, 1.165) is 0 Å². The SMILES string of the molecule is O=S1OCSSS1. The van der Waals surface area contributed by atoms with E-state index in [1.807, 2.05) is 0 Å². The standard InChI is InChI=1S/CH2O2S4/c2-7-3-1-4-5-6-7/h1H2. The molecule has 0 N–H and O–H groups in total. The fourth-order valence-corrected chi connectivity index (χ4v) is 5.73. The van der Waals surface area contributed by atoms with E-state index in [9.17, 15) is 4.21 Å². The van der Waals surface area contributed by atoms with Crippen LogP contribution in [0.4, 0.5) is 0 Å². The Morgan fingerprint density at radius 1 is 1.71 bits per heavy atom. The van der Waals surface area contributed by atoms with E-state index in [-0.39, 0.29) is 0 Å². The molecule has 1 rings (SSSR count). The number of hydrogen-bond donors (Lipinski definition) is 0. The van der Waals surface area contributed by atoms with Crippen LogP contribution < -0.4 is 0 Å². The van der Waals surface area contributed by atoms with Crippen LogP contribution in [-0.4, -0.2) is 10.1 Å². The van der Waals surface area contributed by atoms with E-state index in [2.05, 4.69) is 4.18 Å². The van der Waals surface area contributed by atoms with Crippen LogP contribution in [0.15, 0.2) is 0 Å². The average molecular weight is 174 g/mol. The van der Waals surface area contributed by atoms with Gasteiger partial charge in [-0.2, -0.15) is 0 Å². The molecule has 1 heterocycles. The smallest absolute Gasteiger partial charge is 0.231 e. The van der Waals surface area contributed by atoms with Gasteiger partial charge in [0, 0.05) is 9.83 Å². The third-order valence-corrected chi connectivity index (χ3v) is 6.49. The first-order valence-corrected chi connectivity index (χ1v) is 6.65. The van der Waals surface area contributed by atoms with Crippen LogP contribution >= 0.6 is 30.4 Å². The lowest BCUT2D eigenvalue weighted by Crippen LogP contribution is -1.91. The number of rotatable bonds is 0. The highest BCUT2D eigenvalue weighted by atomic mass is 33.7. The van der Waals surface area contributed by atoms with Crippen molar-refractivity contribution in [1.82, 2.24) is 0 Å². The van der Waals surface area contributed by atoms with Crippen molar-refractivity contribution in [3.63, 3.8) is 0 Å². The maximum atomic E-state index is 10.3. The van der Waals surface area contributed by atoms with E-state index >= 15 is 0 Å². The molecule has 1 fully saturated rings. The van der Waals surface area contributed by atoms with E-state index < -0.39 is 10.1 Å². The molecule has 0 bridgehead atoms. The van der Waals surface area contributed by atoms with Crippen molar-refractivity contribution in [1.29, 1.82) is 0 Å². The molecule has 1 saturated heterocycles. The molecule has 0 amide bonds. The molecule has 1 aliphatic heterocycles. The normalized spacial score (nSPS) is 32.9. The monoisotopic (exact) mass is 174 g/mol. The summed E-state index contributed by atoms with van der Waals surface area (Å²) < 4.78 is 14.9. The Bertz CT molecular complexity index is 73.8. The number of hydrogen-bond acceptors (Lipinski definition) is 5. The molecule has 0 spiro atoms. The molecule has 42 valence electrons. The van der Waals surface area contributed by atoms with Crippen molar-refractivity contribution in [2.75, 3.05) is 5.94 Å². The van der Waals surface area contributed by atoms with Gasteiger partial charge in [-0.1, -0.05) is 10.8 Å². The van der Waals surface area contributed by atoms with Crippen molar-refractivity contribution >= 4 is 40.6 Å². The quantitative estimate of drug-likeness (QED) is 0.520. The second-order valence-electron chi connectivity index (χ2n) is 0.694. The fraction of sp³-hybridized carbons (Fsp3) is 1.00. The van der Waals surface area contributed by atoms with Crippen LogP contribution in [0.3, 0.4) is 0 Å². The minimum atomic E-state index is -1.08. The first kappa shape index (κ1) is 6.28. The zero-order valence-electron chi connectivity index (χ0n) is 3.16. The maximum absolute atomic E-state index is 10.3. The third kappa shape index (κ3) is 2.27. The topological polar surface area (TPSA) is 26.3 Å². The van der Waals surface area contributed by atoms with Gasteiger partial charge in [-0.05, 0) is 9.83 Å². The minimum absolute atomic E-state index is 0.546. The predicted octanol–water partition coefficient (Wildman–Crippen LogP) is 1.58. The van der Waals surface area contributed by atoms with Crippen LogP contribution in [0, 0.1) is 0 Å². The molecular weight excluding hydrogens is 172 g/mol. The summed E-state index contributed by atoms with van der Waals surface area (Å²) in [6.07, 6.45) is 0. The summed E-state index contributed by atoms with van der Waals surface area (Å²) in [5.41, 5.74) is 0. The Morgan fingerprint density at radius 2 is 2.57 bits per heavy atom.